The zero-order chi connectivity index (χ0) is 14.6. The quantitative estimate of drug-likeness (QED) is 0.674. The molecule has 0 atom stereocenters. The highest BCUT2D eigenvalue weighted by molar-refractivity contribution is 5.32. The van der Waals surface area contributed by atoms with E-state index in [0.717, 1.165) is 24.5 Å². The molecule has 0 radical (unpaired) electrons. The van der Waals surface area contributed by atoms with Crippen LogP contribution < -0.4 is 10.5 Å². The zero-order valence-electron chi connectivity index (χ0n) is 13.1. The molecular weight excluding hydrogens is 248 g/mol. The number of para-hydroxylation sites is 1. The molecule has 0 amide bonds. The molecular formula is C17H30N2O. The van der Waals surface area contributed by atoms with Gasteiger partial charge in [0.1, 0.15) is 12.4 Å². The van der Waals surface area contributed by atoms with Crippen LogP contribution in [0.15, 0.2) is 24.3 Å². The van der Waals surface area contributed by atoms with E-state index in [1.165, 1.54) is 38.8 Å². The summed E-state index contributed by atoms with van der Waals surface area (Å²) in [5.74, 6) is 0.931. The first-order valence-corrected chi connectivity index (χ1v) is 7.94. The molecule has 0 heterocycles. The third-order valence-electron chi connectivity index (χ3n) is 3.51. The Morgan fingerprint density at radius 3 is 2.25 bits per heavy atom. The maximum atomic E-state index is 5.90. The number of nitrogens with zero attached hydrogens (tertiary/aromatic N) is 1. The topological polar surface area (TPSA) is 38.5 Å². The van der Waals surface area contributed by atoms with Crippen molar-refractivity contribution in [2.24, 2.45) is 5.73 Å². The van der Waals surface area contributed by atoms with E-state index in [0.29, 0.717) is 6.54 Å². The zero-order valence-corrected chi connectivity index (χ0v) is 13.1. The molecule has 2 N–H and O–H groups in total. The van der Waals surface area contributed by atoms with Gasteiger partial charge in [0.25, 0.3) is 0 Å². The number of hydrogen-bond acceptors (Lipinski definition) is 3. The van der Waals surface area contributed by atoms with Gasteiger partial charge >= 0.3 is 0 Å². The first-order chi connectivity index (χ1) is 9.81. The number of rotatable bonds is 11. The van der Waals surface area contributed by atoms with Crippen LogP contribution in [0.3, 0.4) is 0 Å². The molecule has 3 nitrogen and oxygen atoms in total. The summed E-state index contributed by atoms with van der Waals surface area (Å²) in [5, 5.41) is 0. The lowest BCUT2D eigenvalue weighted by Crippen LogP contribution is -2.30. The third-order valence-corrected chi connectivity index (χ3v) is 3.51. The van der Waals surface area contributed by atoms with Crippen molar-refractivity contribution in [3.8, 4) is 5.75 Å². The first-order valence-electron chi connectivity index (χ1n) is 7.94. The highest BCUT2D eigenvalue weighted by atomic mass is 16.5. The summed E-state index contributed by atoms with van der Waals surface area (Å²) in [6, 6.07) is 8.04. The number of benzene rings is 1. The van der Waals surface area contributed by atoms with Crippen molar-refractivity contribution in [3.05, 3.63) is 29.8 Å². The Bertz CT molecular complexity index is 347. The molecule has 0 fully saturated rings. The van der Waals surface area contributed by atoms with Gasteiger partial charge in [0, 0.05) is 18.7 Å². The molecule has 0 aliphatic carbocycles. The normalized spacial score (nSPS) is 11.0. The van der Waals surface area contributed by atoms with E-state index in [1.807, 2.05) is 24.3 Å². The van der Waals surface area contributed by atoms with Crippen LogP contribution >= 0.6 is 0 Å². The second-order valence-corrected chi connectivity index (χ2v) is 5.21. The molecule has 1 aromatic rings. The molecule has 0 spiro atoms. The minimum Gasteiger partial charge on any atom is -0.492 e. The summed E-state index contributed by atoms with van der Waals surface area (Å²) in [5.41, 5.74) is 6.81. The van der Waals surface area contributed by atoms with Gasteiger partial charge in [-0.1, -0.05) is 44.9 Å². The van der Waals surface area contributed by atoms with Crippen LogP contribution in [-0.2, 0) is 6.54 Å². The average Bonchev–Trinajstić information content (AvgIpc) is 2.49. The maximum Gasteiger partial charge on any atom is 0.123 e. The number of hydrogen-bond donors (Lipinski definition) is 1. The van der Waals surface area contributed by atoms with Gasteiger partial charge in [-0.25, -0.2) is 0 Å². The van der Waals surface area contributed by atoms with Crippen LogP contribution in [0.25, 0.3) is 0 Å². The van der Waals surface area contributed by atoms with Crippen LogP contribution in [0.2, 0.25) is 0 Å². The van der Waals surface area contributed by atoms with Crippen molar-refractivity contribution in [2.45, 2.75) is 46.1 Å². The minimum absolute atomic E-state index is 0.533. The second-order valence-electron chi connectivity index (χ2n) is 5.21. The predicted octanol–water partition coefficient (Wildman–Crippen LogP) is 3.43. The Hall–Kier alpha value is -1.06. The summed E-state index contributed by atoms with van der Waals surface area (Å²) < 4.78 is 5.90. The molecule has 0 saturated heterocycles. The first kappa shape index (κ1) is 17.0. The van der Waals surface area contributed by atoms with E-state index in [1.54, 1.807) is 0 Å². The van der Waals surface area contributed by atoms with E-state index in [4.69, 9.17) is 10.5 Å². The lowest BCUT2D eigenvalue weighted by atomic mass is 10.2. The average molecular weight is 278 g/mol. The fraction of sp³-hybridized carbons (Fsp3) is 0.647. The van der Waals surface area contributed by atoms with E-state index < -0.39 is 0 Å². The highest BCUT2D eigenvalue weighted by Gasteiger charge is 2.05. The Kier molecular flexibility index (Phi) is 9.09. The summed E-state index contributed by atoms with van der Waals surface area (Å²) in [4.78, 5) is 2.51. The van der Waals surface area contributed by atoms with Crippen molar-refractivity contribution < 1.29 is 4.74 Å². The molecule has 0 aromatic heterocycles. The number of nitrogens with two attached hydrogens (primary N) is 1. The van der Waals surface area contributed by atoms with Gasteiger partial charge in [0.15, 0.2) is 0 Å². The molecule has 0 saturated carbocycles. The van der Waals surface area contributed by atoms with Crippen molar-refractivity contribution >= 4 is 0 Å². The van der Waals surface area contributed by atoms with Gasteiger partial charge in [-0.15, -0.1) is 0 Å². The van der Waals surface area contributed by atoms with Crippen molar-refractivity contribution in [1.29, 1.82) is 0 Å². The lowest BCUT2D eigenvalue weighted by molar-refractivity contribution is 0.203. The molecule has 0 aliphatic rings. The second kappa shape index (κ2) is 10.7. The Morgan fingerprint density at radius 2 is 1.65 bits per heavy atom. The SMILES string of the molecule is CCCCN(CCCC)CCOc1ccccc1CN. The maximum absolute atomic E-state index is 5.90. The fourth-order valence-corrected chi connectivity index (χ4v) is 2.20. The summed E-state index contributed by atoms with van der Waals surface area (Å²) in [6.45, 7) is 9.11. The van der Waals surface area contributed by atoms with Crippen molar-refractivity contribution in [1.82, 2.24) is 4.90 Å². The largest absolute Gasteiger partial charge is 0.492 e. The number of unbranched alkanes of at least 4 members (excludes halogenated alkanes) is 2. The molecule has 0 unspecified atom stereocenters. The molecule has 1 rings (SSSR count). The predicted molar refractivity (Wildman–Crippen MR) is 86.1 cm³/mol. The van der Waals surface area contributed by atoms with Gasteiger partial charge in [0.05, 0.1) is 0 Å². The van der Waals surface area contributed by atoms with E-state index in [-0.39, 0.29) is 0 Å². The molecule has 1 aromatic carbocycles. The summed E-state index contributed by atoms with van der Waals surface area (Å²) >= 11 is 0. The summed E-state index contributed by atoms with van der Waals surface area (Å²) in [6.07, 6.45) is 5.03. The lowest BCUT2D eigenvalue weighted by Gasteiger charge is -2.22. The molecule has 0 aliphatic heterocycles. The molecule has 3 heteroatoms. The standard InChI is InChI=1S/C17H30N2O/c1-3-5-11-19(12-6-4-2)13-14-20-17-10-8-7-9-16(17)15-18/h7-10H,3-6,11-15,18H2,1-2H3. The van der Waals surface area contributed by atoms with Gasteiger partial charge in [0.2, 0.25) is 0 Å². The van der Waals surface area contributed by atoms with Crippen LogP contribution in [0.1, 0.15) is 45.1 Å². The minimum atomic E-state index is 0.533. The Balaban J connectivity index is 2.38. The monoisotopic (exact) mass is 278 g/mol. The smallest absolute Gasteiger partial charge is 0.123 e. The van der Waals surface area contributed by atoms with E-state index in [9.17, 15) is 0 Å². The van der Waals surface area contributed by atoms with Crippen LogP contribution in [0, 0.1) is 0 Å². The van der Waals surface area contributed by atoms with E-state index in [2.05, 4.69) is 18.7 Å². The van der Waals surface area contributed by atoms with Gasteiger partial charge in [-0.2, -0.15) is 0 Å². The van der Waals surface area contributed by atoms with Crippen LogP contribution in [-0.4, -0.2) is 31.1 Å². The summed E-state index contributed by atoms with van der Waals surface area (Å²) in [7, 11) is 0. The Morgan fingerprint density at radius 1 is 1.00 bits per heavy atom. The third kappa shape index (κ3) is 6.40. The number of ether oxygens (including phenoxy) is 1. The fourth-order valence-electron chi connectivity index (χ4n) is 2.20. The van der Waals surface area contributed by atoms with Gasteiger partial charge in [-0.05, 0) is 32.0 Å². The van der Waals surface area contributed by atoms with Crippen molar-refractivity contribution in [2.75, 3.05) is 26.2 Å². The Labute approximate surface area is 124 Å². The van der Waals surface area contributed by atoms with Crippen molar-refractivity contribution in [3.63, 3.8) is 0 Å². The van der Waals surface area contributed by atoms with E-state index >= 15 is 0 Å². The molecule has 114 valence electrons. The molecule has 0 bridgehead atoms. The molecule has 20 heavy (non-hydrogen) atoms. The van der Waals surface area contributed by atoms with Gasteiger partial charge in [-0.3, -0.25) is 4.90 Å². The highest BCUT2D eigenvalue weighted by Crippen LogP contribution is 2.16. The van der Waals surface area contributed by atoms with Crippen LogP contribution in [0.4, 0.5) is 0 Å². The van der Waals surface area contributed by atoms with Crippen LogP contribution in [0.5, 0.6) is 5.75 Å². The van der Waals surface area contributed by atoms with Gasteiger partial charge < -0.3 is 10.5 Å².